The minimum absolute atomic E-state index is 0.0799. The van der Waals surface area contributed by atoms with Crippen LogP contribution in [-0.4, -0.2) is 57.1 Å². The average molecular weight is 606 g/mol. The van der Waals surface area contributed by atoms with Gasteiger partial charge in [-0.15, -0.1) is 0 Å². The summed E-state index contributed by atoms with van der Waals surface area (Å²) >= 11 is 12.2. The number of anilines is 1. The third-order valence-electron chi connectivity index (χ3n) is 6.63. The molecule has 1 fully saturated rings. The van der Waals surface area contributed by atoms with E-state index < -0.39 is 27.9 Å². The van der Waals surface area contributed by atoms with Gasteiger partial charge in [0.2, 0.25) is 15.9 Å². The number of hydrogen-bond acceptors (Lipinski definition) is 6. The summed E-state index contributed by atoms with van der Waals surface area (Å²) in [6.07, 6.45) is 0. The van der Waals surface area contributed by atoms with E-state index in [2.05, 4.69) is 14.9 Å². The standard InChI is InChI=1S/C28H30Cl2N4O5S/c1-17(27(31)35)32-28(36)21-11-24(13-25(12-21)39-2)33-40(37,38)16-18-14-34(15-18)26(19-3-7-22(29)8-4-19)20-5-9-23(30)10-6-20/h3-13,17-18,26,33H,14-16H2,1-2H3,(H2,31,35)(H,32,36). The lowest BCUT2D eigenvalue weighted by molar-refractivity contribution is -0.119. The van der Waals surface area contributed by atoms with Crippen LogP contribution in [0, 0.1) is 5.92 Å². The molecule has 0 bridgehead atoms. The lowest BCUT2D eigenvalue weighted by atomic mass is 9.91. The topological polar surface area (TPSA) is 131 Å². The van der Waals surface area contributed by atoms with Crippen LogP contribution in [0.1, 0.15) is 34.5 Å². The fraction of sp³-hybridized carbons (Fsp3) is 0.286. The van der Waals surface area contributed by atoms with Gasteiger partial charge in [-0.05, 0) is 54.4 Å². The Labute approximate surface area is 243 Å². The van der Waals surface area contributed by atoms with E-state index in [0.717, 1.165) is 11.1 Å². The molecule has 9 nitrogen and oxygen atoms in total. The second-order valence-electron chi connectivity index (χ2n) is 9.76. The Kier molecular flexibility index (Phi) is 9.25. The molecule has 1 aliphatic rings. The van der Waals surface area contributed by atoms with Crippen LogP contribution in [0.4, 0.5) is 5.69 Å². The van der Waals surface area contributed by atoms with Crippen LogP contribution in [0.15, 0.2) is 66.7 Å². The van der Waals surface area contributed by atoms with Crippen molar-refractivity contribution in [2.24, 2.45) is 11.7 Å². The number of carbonyl (C=O) groups is 2. The second kappa shape index (κ2) is 12.5. The first-order valence-corrected chi connectivity index (χ1v) is 14.9. The number of carbonyl (C=O) groups excluding carboxylic acids is 2. The number of methoxy groups -OCH3 is 1. The number of sulfonamides is 1. The first-order chi connectivity index (χ1) is 18.9. The van der Waals surface area contributed by atoms with Gasteiger partial charge in [0, 0.05) is 40.7 Å². The van der Waals surface area contributed by atoms with Crippen molar-refractivity contribution in [3.63, 3.8) is 0 Å². The molecule has 4 rings (SSSR count). The molecule has 1 aliphatic heterocycles. The fourth-order valence-corrected chi connectivity index (χ4v) is 6.26. The number of nitrogens with one attached hydrogen (secondary N) is 2. The van der Waals surface area contributed by atoms with E-state index in [9.17, 15) is 18.0 Å². The molecule has 1 unspecified atom stereocenters. The molecule has 0 spiro atoms. The lowest BCUT2D eigenvalue weighted by Gasteiger charge is -2.44. The summed E-state index contributed by atoms with van der Waals surface area (Å²) in [4.78, 5) is 26.1. The maximum Gasteiger partial charge on any atom is 0.252 e. The fourth-order valence-electron chi connectivity index (χ4n) is 4.62. The summed E-state index contributed by atoms with van der Waals surface area (Å²) in [5.41, 5.74) is 7.59. The minimum atomic E-state index is -3.76. The van der Waals surface area contributed by atoms with Crippen LogP contribution in [-0.2, 0) is 14.8 Å². The van der Waals surface area contributed by atoms with Crippen LogP contribution in [0.2, 0.25) is 10.0 Å². The van der Waals surface area contributed by atoms with Crippen LogP contribution in [0.3, 0.4) is 0 Å². The number of halogens is 2. The number of nitrogens with two attached hydrogens (primary N) is 1. The molecule has 212 valence electrons. The van der Waals surface area contributed by atoms with E-state index in [1.54, 1.807) is 0 Å². The number of nitrogens with zero attached hydrogens (tertiary/aromatic N) is 1. The van der Waals surface area contributed by atoms with Gasteiger partial charge in [0.15, 0.2) is 0 Å². The van der Waals surface area contributed by atoms with Crippen molar-refractivity contribution in [3.8, 4) is 5.75 Å². The van der Waals surface area contributed by atoms with Crippen LogP contribution >= 0.6 is 23.2 Å². The van der Waals surface area contributed by atoms with Gasteiger partial charge >= 0.3 is 0 Å². The normalized spacial score (nSPS) is 14.8. The Morgan fingerprint density at radius 1 is 1.00 bits per heavy atom. The van der Waals surface area contributed by atoms with Crippen molar-refractivity contribution >= 4 is 50.7 Å². The molecule has 0 aromatic heterocycles. The Bertz CT molecular complexity index is 1430. The highest BCUT2D eigenvalue weighted by Gasteiger charge is 2.36. The zero-order chi connectivity index (χ0) is 29.0. The number of ether oxygens (including phenoxy) is 1. The first-order valence-electron chi connectivity index (χ1n) is 12.5. The number of amides is 2. The highest BCUT2D eigenvalue weighted by molar-refractivity contribution is 7.92. The largest absolute Gasteiger partial charge is 0.497 e. The summed E-state index contributed by atoms with van der Waals surface area (Å²) in [5, 5.41) is 3.74. The van der Waals surface area contributed by atoms with Gasteiger partial charge in [-0.2, -0.15) is 0 Å². The van der Waals surface area contributed by atoms with Crippen LogP contribution in [0.25, 0.3) is 0 Å². The summed E-state index contributed by atoms with van der Waals surface area (Å²) in [6, 6.07) is 18.5. The predicted octanol–water partition coefficient (Wildman–Crippen LogP) is 4.07. The molecular formula is C28H30Cl2N4O5S. The molecule has 0 saturated carbocycles. The molecule has 1 heterocycles. The van der Waals surface area contributed by atoms with E-state index >= 15 is 0 Å². The summed E-state index contributed by atoms with van der Waals surface area (Å²) in [5.74, 6) is -1.21. The molecule has 1 atom stereocenters. The zero-order valence-electron chi connectivity index (χ0n) is 21.9. The number of likely N-dealkylation sites (tertiary alicyclic amines) is 1. The summed E-state index contributed by atoms with van der Waals surface area (Å²) in [6.45, 7) is 2.58. The number of rotatable bonds is 11. The Morgan fingerprint density at radius 3 is 2.05 bits per heavy atom. The SMILES string of the molecule is COc1cc(NS(=O)(=O)CC2CN(C(c3ccc(Cl)cc3)c3ccc(Cl)cc3)C2)cc(C(=O)NC(C)C(N)=O)c1. The van der Waals surface area contributed by atoms with Crippen molar-refractivity contribution in [2.45, 2.75) is 19.0 Å². The number of primary amides is 1. The molecule has 4 N–H and O–H groups in total. The third-order valence-corrected chi connectivity index (χ3v) is 8.59. The lowest BCUT2D eigenvalue weighted by Crippen LogP contribution is -2.51. The summed E-state index contributed by atoms with van der Waals surface area (Å²) in [7, 11) is -2.36. The first kappa shape index (κ1) is 29.7. The van der Waals surface area contributed by atoms with Gasteiger partial charge in [0.05, 0.1) is 24.6 Å². The van der Waals surface area contributed by atoms with E-state index in [-0.39, 0.29) is 34.7 Å². The highest BCUT2D eigenvalue weighted by atomic mass is 35.5. The van der Waals surface area contributed by atoms with Crippen molar-refractivity contribution < 1.29 is 22.7 Å². The van der Waals surface area contributed by atoms with Crippen molar-refractivity contribution in [1.82, 2.24) is 10.2 Å². The highest BCUT2D eigenvalue weighted by Crippen LogP contribution is 2.36. The molecule has 12 heteroatoms. The van der Waals surface area contributed by atoms with Gasteiger partial charge in [-0.3, -0.25) is 19.2 Å². The van der Waals surface area contributed by atoms with E-state index in [4.69, 9.17) is 33.7 Å². The third kappa shape index (κ3) is 7.45. The molecule has 2 amide bonds. The van der Waals surface area contributed by atoms with Gasteiger partial charge < -0.3 is 15.8 Å². The molecular weight excluding hydrogens is 575 g/mol. The maximum atomic E-state index is 13.1. The molecule has 0 aliphatic carbocycles. The van der Waals surface area contributed by atoms with Gasteiger partial charge in [0.25, 0.3) is 5.91 Å². The number of hydrogen-bond donors (Lipinski definition) is 3. The maximum absolute atomic E-state index is 13.1. The quantitative estimate of drug-likeness (QED) is 0.302. The predicted molar refractivity (Wildman–Crippen MR) is 156 cm³/mol. The van der Waals surface area contributed by atoms with Crippen LogP contribution < -0.4 is 20.5 Å². The molecule has 1 saturated heterocycles. The van der Waals surface area contributed by atoms with Gasteiger partial charge in [-0.1, -0.05) is 47.5 Å². The Hall–Kier alpha value is -3.31. The van der Waals surface area contributed by atoms with E-state index in [0.29, 0.717) is 23.1 Å². The van der Waals surface area contributed by atoms with Gasteiger partial charge in [0.1, 0.15) is 11.8 Å². The van der Waals surface area contributed by atoms with Crippen molar-refractivity contribution in [2.75, 3.05) is 30.7 Å². The van der Waals surface area contributed by atoms with E-state index in [1.165, 1.54) is 32.2 Å². The van der Waals surface area contributed by atoms with Crippen molar-refractivity contribution in [3.05, 3.63) is 93.5 Å². The zero-order valence-corrected chi connectivity index (χ0v) is 24.3. The van der Waals surface area contributed by atoms with Gasteiger partial charge in [-0.25, -0.2) is 8.42 Å². The smallest absolute Gasteiger partial charge is 0.252 e. The second-order valence-corrected chi connectivity index (χ2v) is 12.4. The van der Waals surface area contributed by atoms with Crippen LogP contribution in [0.5, 0.6) is 5.75 Å². The molecule has 0 radical (unpaired) electrons. The number of benzene rings is 3. The Balaban J connectivity index is 1.45. The molecule has 3 aromatic carbocycles. The monoisotopic (exact) mass is 604 g/mol. The minimum Gasteiger partial charge on any atom is -0.497 e. The summed E-state index contributed by atoms with van der Waals surface area (Å²) < 4.78 is 34.0. The molecule has 3 aromatic rings. The van der Waals surface area contributed by atoms with Crippen molar-refractivity contribution in [1.29, 1.82) is 0 Å². The van der Waals surface area contributed by atoms with E-state index in [1.807, 2.05) is 48.5 Å². The Morgan fingerprint density at radius 2 is 1.55 bits per heavy atom. The average Bonchev–Trinajstić information content (AvgIpc) is 2.88. The molecule has 40 heavy (non-hydrogen) atoms.